The van der Waals surface area contributed by atoms with Gasteiger partial charge in [-0.2, -0.15) is 5.10 Å². The highest BCUT2D eigenvalue weighted by atomic mass is 16.5. The van der Waals surface area contributed by atoms with E-state index in [1.807, 2.05) is 30.3 Å². The first-order chi connectivity index (χ1) is 18.4. The maximum absolute atomic E-state index is 14.1. The Morgan fingerprint density at radius 3 is 2.44 bits per heavy atom. The minimum Gasteiger partial charge on any atom is -0.507 e. The molecule has 5 rings (SSSR count). The summed E-state index contributed by atoms with van der Waals surface area (Å²) >= 11 is 0. The molecule has 0 saturated heterocycles. The molecule has 5 N–H and O–H groups in total. The Balaban J connectivity index is 1.61. The molecule has 200 valence electrons. The van der Waals surface area contributed by atoms with E-state index in [0.717, 1.165) is 11.6 Å². The van der Waals surface area contributed by atoms with Gasteiger partial charge < -0.3 is 20.3 Å². The van der Waals surface area contributed by atoms with Crippen LogP contribution in [-0.4, -0.2) is 42.7 Å². The summed E-state index contributed by atoms with van der Waals surface area (Å²) < 4.78 is 5.81. The van der Waals surface area contributed by atoms with E-state index in [9.17, 15) is 29.4 Å². The molecule has 1 aromatic heterocycles. The predicted octanol–water partition coefficient (Wildman–Crippen LogP) is 2.55. The van der Waals surface area contributed by atoms with Crippen LogP contribution in [0.1, 0.15) is 59.7 Å². The van der Waals surface area contributed by atoms with Crippen molar-refractivity contribution in [2.45, 2.75) is 45.6 Å². The van der Waals surface area contributed by atoms with Crippen LogP contribution >= 0.6 is 0 Å². The molecular formula is C28H26N4O7. The molecule has 0 bridgehead atoms. The molecule has 0 amide bonds. The minimum absolute atomic E-state index is 0.00881. The lowest BCUT2D eigenvalue weighted by molar-refractivity contribution is -0.123. The average Bonchev–Trinajstić information content (AvgIpc) is 3.44. The topological polar surface area (TPSA) is 174 Å². The highest BCUT2D eigenvalue weighted by Gasteiger charge is 2.56. The number of Topliss-reactive ketones (excluding diaryl/α,β-unsaturated/α-hetero) is 2. The second kappa shape index (κ2) is 9.12. The molecular weight excluding hydrogens is 504 g/mol. The summed E-state index contributed by atoms with van der Waals surface area (Å²) in [6.45, 7) is 5.71. The SMILES string of the molecule is CC(=O)c1c(O)c(C)c(O)c2c1OC1=CC(=O)/C(=C(/C)N[C@@H](Cc3ccccc3)c3n[nH]c(=O)[nH]3)C(=O)[C@@]12C. The number of aromatic amines is 2. The second-order valence-corrected chi connectivity index (χ2v) is 9.84. The molecule has 2 aromatic carbocycles. The highest BCUT2D eigenvalue weighted by Crippen LogP contribution is 2.57. The third-order valence-corrected chi connectivity index (χ3v) is 7.28. The number of fused-ring (bicyclic) bond motifs is 3. The molecule has 0 spiro atoms. The van der Waals surface area contributed by atoms with Crippen molar-refractivity contribution in [1.29, 1.82) is 0 Å². The summed E-state index contributed by atoms with van der Waals surface area (Å²) in [5, 5.41) is 31.1. The number of aromatic hydroxyl groups is 2. The molecule has 11 nitrogen and oxygen atoms in total. The first kappa shape index (κ1) is 25.7. The van der Waals surface area contributed by atoms with Gasteiger partial charge in [0.1, 0.15) is 34.0 Å². The van der Waals surface area contributed by atoms with Gasteiger partial charge in [-0.3, -0.25) is 19.4 Å². The number of ketones is 3. The van der Waals surface area contributed by atoms with Crippen molar-refractivity contribution in [3.63, 3.8) is 0 Å². The van der Waals surface area contributed by atoms with Crippen LogP contribution in [0.25, 0.3) is 0 Å². The molecule has 0 radical (unpaired) electrons. The number of benzene rings is 2. The Bertz CT molecular complexity index is 1680. The van der Waals surface area contributed by atoms with Crippen LogP contribution in [0.15, 0.2) is 58.2 Å². The number of hydrogen-bond acceptors (Lipinski definition) is 9. The van der Waals surface area contributed by atoms with Crippen LogP contribution in [-0.2, 0) is 21.4 Å². The number of carbonyl (C=O) groups excluding carboxylic acids is 3. The normalized spacial score (nSPS) is 20.1. The molecule has 0 saturated carbocycles. The summed E-state index contributed by atoms with van der Waals surface area (Å²) in [5.74, 6) is -2.59. The Hall–Kier alpha value is -4.93. The molecule has 2 atom stereocenters. The molecule has 1 aliphatic heterocycles. The number of H-pyrrole nitrogens is 2. The fourth-order valence-corrected chi connectivity index (χ4v) is 5.21. The fourth-order valence-electron chi connectivity index (χ4n) is 5.21. The number of carbonyl (C=O) groups is 3. The first-order valence-electron chi connectivity index (χ1n) is 12.2. The molecule has 39 heavy (non-hydrogen) atoms. The van der Waals surface area contributed by atoms with Crippen molar-refractivity contribution >= 4 is 17.3 Å². The molecule has 3 aromatic rings. The van der Waals surface area contributed by atoms with E-state index in [1.165, 1.54) is 20.8 Å². The van der Waals surface area contributed by atoms with Crippen molar-refractivity contribution in [3.8, 4) is 17.2 Å². The van der Waals surface area contributed by atoms with E-state index in [0.29, 0.717) is 6.42 Å². The molecule has 0 fully saturated rings. The number of allylic oxidation sites excluding steroid dienone is 4. The van der Waals surface area contributed by atoms with Gasteiger partial charge >= 0.3 is 5.69 Å². The Morgan fingerprint density at radius 1 is 1.13 bits per heavy atom. The van der Waals surface area contributed by atoms with Crippen LogP contribution in [0.4, 0.5) is 0 Å². The van der Waals surface area contributed by atoms with Crippen molar-refractivity contribution in [2.75, 3.05) is 0 Å². The lowest BCUT2D eigenvalue weighted by Gasteiger charge is -2.29. The Morgan fingerprint density at radius 2 is 1.82 bits per heavy atom. The van der Waals surface area contributed by atoms with Gasteiger partial charge in [-0.1, -0.05) is 30.3 Å². The summed E-state index contributed by atoms with van der Waals surface area (Å²) in [7, 11) is 0. The van der Waals surface area contributed by atoms with Gasteiger partial charge in [0, 0.05) is 17.3 Å². The maximum Gasteiger partial charge on any atom is 0.340 e. The zero-order valence-corrected chi connectivity index (χ0v) is 21.6. The number of rotatable bonds is 6. The predicted molar refractivity (Wildman–Crippen MR) is 139 cm³/mol. The van der Waals surface area contributed by atoms with Crippen LogP contribution in [0, 0.1) is 6.92 Å². The highest BCUT2D eigenvalue weighted by molar-refractivity contribution is 6.31. The van der Waals surface area contributed by atoms with Gasteiger partial charge in [0.25, 0.3) is 0 Å². The van der Waals surface area contributed by atoms with Crippen molar-refractivity contribution in [2.24, 2.45) is 0 Å². The van der Waals surface area contributed by atoms with Crippen molar-refractivity contribution in [3.05, 3.63) is 92.0 Å². The van der Waals surface area contributed by atoms with Crippen LogP contribution in [0.2, 0.25) is 0 Å². The third kappa shape index (κ3) is 3.94. The standard InChI is InChI=1S/C28H26N4O7/c1-12-22(35)20(14(3)33)24-21(23(12)36)28(4)18(39-24)11-17(34)19(25(28)37)13(2)29-16(26-30-27(38)32-31-26)10-15-8-6-5-7-9-15/h5-9,11,16,29,35-36H,10H2,1-4H3,(H2,30,31,32,38)/b19-13+/t16-,28-/m0/s1. The number of phenolic OH excluding ortho intramolecular Hbond substituents is 2. The zero-order chi connectivity index (χ0) is 28.2. The van der Waals surface area contributed by atoms with E-state index in [2.05, 4.69) is 20.5 Å². The Kier molecular flexibility index (Phi) is 6.01. The van der Waals surface area contributed by atoms with Crippen molar-refractivity contribution < 1.29 is 29.3 Å². The average molecular weight is 531 g/mol. The van der Waals surface area contributed by atoms with Crippen LogP contribution in [0.3, 0.4) is 0 Å². The third-order valence-electron chi connectivity index (χ3n) is 7.28. The largest absolute Gasteiger partial charge is 0.507 e. The summed E-state index contributed by atoms with van der Waals surface area (Å²) in [6, 6.07) is 8.79. The first-order valence-corrected chi connectivity index (χ1v) is 12.2. The van der Waals surface area contributed by atoms with Crippen LogP contribution in [0.5, 0.6) is 17.2 Å². The van der Waals surface area contributed by atoms with E-state index in [4.69, 9.17) is 4.74 Å². The van der Waals surface area contributed by atoms with E-state index < -0.39 is 46.0 Å². The number of hydrogen-bond donors (Lipinski definition) is 5. The monoisotopic (exact) mass is 530 g/mol. The van der Waals surface area contributed by atoms with Crippen LogP contribution < -0.4 is 15.7 Å². The van der Waals surface area contributed by atoms with E-state index in [-0.39, 0.29) is 45.3 Å². The molecule has 1 aliphatic carbocycles. The van der Waals surface area contributed by atoms with Gasteiger partial charge in [-0.15, -0.1) is 0 Å². The minimum atomic E-state index is -1.64. The number of phenols is 2. The van der Waals surface area contributed by atoms with E-state index >= 15 is 0 Å². The zero-order valence-electron chi connectivity index (χ0n) is 21.6. The van der Waals surface area contributed by atoms with Gasteiger partial charge in [0.15, 0.2) is 23.2 Å². The van der Waals surface area contributed by atoms with Gasteiger partial charge in [-0.25, -0.2) is 9.89 Å². The lowest BCUT2D eigenvalue weighted by Crippen LogP contribution is -2.41. The summed E-state index contributed by atoms with van der Waals surface area (Å²) in [6.07, 6.45) is 1.53. The quantitative estimate of drug-likeness (QED) is 0.182. The fraction of sp³-hybridized carbons (Fsp3) is 0.250. The van der Waals surface area contributed by atoms with E-state index in [1.54, 1.807) is 6.92 Å². The molecule has 11 heteroatoms. The lowest BCUT2D eigenvalue weighted by atomic mass is 9.70. The second-order valence-electron chi connectivity index (χ2n) is 9.84. The number of nitrogens with one attached hydrogen (secondary N) is 3. The summed E-state index contributed by atoms with van der Waals surface area (Å²) in [5.41, 5.74) is -1.33. The Labute approximate surface area is 222 Å². The number of nitrogens with zero attached hydrogens (tertiary/aromatic N) is 1. The smallest absolute Gasteiger partial charge is 0.340 e. The summed E-state index contributed by atoms with van der Waals surface area (Å²) in [4.78, 5) is 54.1. The molecule has 2 heterocycles. The molecule has 2 aliphatic rings. The van der Waals surface area contributed by atoms with Crippen molar-refractivity contribution in [1.82, 2.24) is 20.5 Å². The van der Waals surface area contributed by atoms with Gasteiger partial charge in [-0.05, 0) is 39.7 Å². The number of aromatic nitrogens is 3. The number of ether oxygens (including phenoxy) is 1. The molecule has 0 unspecified atom stereocenters. The van der Waals surface area contributed by atoms with Gasteiger partial charge in [0.05, 0.1) is 17.2 Å². The maximum atomic E-state index is 14.1. The van der Waals surface area contributed by atoms with Gasteiger partial charge in [0.2, 0.25) is 0 Å².